The molecule has 0 saturated carbocycles. The lowest BCUT2D eigenvalue weighted by Crippen LogP contribution is -2.37. The average Bonchev–Trinajstić information content (AvgIpc) is 3.10. The minimum absolute atomic E-state index is 0.304. The number of nitrogens with zero attached hydrogens (tertiary/aromatic N) is 3. The Balaban J connectivity index is 1.53. The summed E-state index contributed by atoms with van der Waals surface area (Å²) < 4.78 is 1.94. The van der Waals surface area contributed by atoms with Crippen LogP contribution >= 0.6 is 11.6 Å². The van der Waals surface area contributed by atoms with E-state index in [1.54, 1.807) is 0 Å². The normalized spacial score (nSPS) is 17.8. The van der Waals surface area contributed by atoms with E-state index in [2.05, 4.69) is 16.4 Å². The van der Waals surface area contributed by atoms with Crippen LogP contribution in [0.2, 0.25) is 5.15 Å². The molecule has 0 bridgehead atoms. The zero-order chi connectivity index (χ0) is 18.6. The summed E-state index contributed by atoms with van der Waals surface area (Å²) >= 11 is 6.28. The van der Waals surface area contributed by atoms with Gasteiger partial charge in [-0.3, -0.25) is 9.38 Å². The third-order valence-corrected chi connectivity index (χ3v) is 5.64. The van der Waals surface area contributed by atoms with E-state index in [1.807, 2.05) is 41.1 Å². The predicted molar refractivity (Wildman–Crippen MR) is 109 cm³/mol. The highest BCUT2D eigenvalue weighted by Crippen LogP contribution is 2.29. The predicted octanol–water partition coefficient (Wildman–Crippen LogP) is 3.70. The lowest BCUT2D eigenvalue weighted by atomic mass is 9.90. The Morgan fingerprint density at radius 2 is 2.22 bits per heavy atom. The van der Waals surface area contributed by atoms with Crippen LogP contribution in [0.4, 0.5) is 0 Å². The van der Waals surface area contributed by atoms with Crippen molar-refractivity contribution in [1.29, 1.82) is 0 Å². The van der Waals surface area contributed by atoms with Gasteiger partial charge in [-0.25, -0.2) is 4.98 Å². The molecule has 0 fully saturated rings. The molecule has 5 nitrogen and oxygen atoms in total. The maximum absolute atomic E-state index is 6.28. The number of rotatable bonds is 7. The monoisotopic (exact) mass is 383 g/mol. The fourth-order valence-corrected chi connectivity index (χ4v) is 4.25. The van der Waals surface area contributed by atoms with Crippen molar-refractivity contribution in [2.75, 3.05) is 6.54 Å². The number of aromatic nitrogens is 3. The van der Waals surface area contributed by atoms with Gasteiger partial charge in [0.1, 0.15) is 10.8 Å². The summed E-state index contributed by atoms with van der Waals surface area (Å²) in [6.45, 7) is 0.703. The van der Waals surface area contributed by atoms with Crippen molar-refractivity contribution in [3.05, 3.63) is 64.8 Å². The van der Waals surface area contributed by atoms with Crippen molar-refractivity contribution in [2.24, 2.45) is 5.73 Å². The summed E-state index contributed by atoms with van der Waals surface area (Å²) in [7, 11) is 0. The average molecular weight is 384 g/mol. The molecule has 0 aliphatic heterocycles. The molecular formula is C21H26ClN5. The van der Waals surface area contributed by atoms with Gasteiger partial charge in [-0.1, -0.05) is 23.7 Å². The number of halogens is 1. The molecule has 0 spiro atoms. The molecule has 4 rings (SSSR count). The highest BCUT2D eigenvalue weighted by molar-refractivity contribution is 6.29. The van der Waals surface area contributed by atoms with E-state index < -0.39 is 0 Å². The Morgan fingerprint density at radius 1 is 1.30 bits per heavy atom. The topological polar surface area (TPSA) is 68.2 Å². The van der Waals surface area contributed by atoms with Gasteiger partial charge >= 0.3 is 0 Å². The highest BCUT2D eigenvalue weighted by atomic mass is 35.5. The summed E-state index contributed by atoms with van der Waals surface area (Å²) in [4.78, 5) is 9.41. The lowest BCUT2D eigenvalue weighted by Gasteiger charge is -2.29. The summed E-state index contributed by atoms with van der Waals surface area (Å²) in [6, 6.07) is 10.7. The first-order valence-corrected chi connectivity index (χ1v) is 10.1. The molecule has 2 unspecified atom stereocenters. The molecule has 142 valence electrons. The first-order chi connectivity index (χ1) is 13.2. The molecule has 0 amide bonds. The molecule has 1 aliphatic carbocycles. The van der Waals surface area contributed by atoms with Crippen LogP contribution in [0, 0.1) is 0 Å². The summed E-state index contributed by atoms with van der Waals surface area (Å²) in [5.41, 5.74) is 10.3. The molecule has 0 aromatic carbocycles. The molecule has 3 aromatic heterocycles. The van der Waals surface area contributed by atoms with Crippen LogP contribution in [0.3, 0.4) is 0 Å². The Hall–Kier alpha value is -1.95. The number of nitrogens with two attached hydrogens (primary N) is 1. The fraction of sp³-hybridized carbons (Fsp3) is 0.429. The molecule has 6 heteroatoms. The largest absolute Gasteiger partial charge is 0.330 e. The summed E-state index contributed by atoms with van der Waals surface area (Å²) in [5, 5.41) is 4.54. The number of fused-ring (bicyclic) bond motifs is 2. The maximum atomic E-state index is 6.28. The van der Waals surface area contributed by atoms with Gasteiger partial charge in [0.2, 0.25) is 0 Å². The molecule has 3 N–H and O–H groups in total. The second kappa shape index (κ2) is 8.38. The van der Waals surface area contributed by atoms with Crippen molar-refractivity contribution in [2.45, 2.75) is 50.6 Å². The molecule has 1 aliphatic rings. The van der Waals surface area contributed by atoms with Crippen LogP contribution in [-0.4, -0.2) is 27.0 Å². The van der Waals surface area contributed by atoms with Gasteiger partial charge in [-0.2, -0.15) is 0 Å². The molecule has 0 saturated heterocycles. The molecular weight excluding hydrogens is 358 g/mol. The lowest BCUT2D eigenvalue weighted by molar-refractivity contribution is 0.365. The minimum Gasteiger partial charge on any atom is -0.330 e. The van der Waals surface area contributed by atoms with Crippen molar-refractivity contribution in [1.82, 2.24) is 19.7 Å². The van der Waals surface area contributed by atoms with E-state index in [0.717, 1.165) is 43.4 Å². The first-order valence-electron chi connectivity index (χ1n) is 9.77. The van der Waals surface area contributed by atoms with Crippen LogP contribution in [0.5, 0.6) is 0 Å². The molecule has 3 heterocycles. The smallest absolute Gasteiger partial charge is 0.138 e. The van der Waals surface area contributed by atoms with Crippen LogP contribution < -0.4 is 11.1 Å². The molecule has 0 radical (unpaired) electrons. The van der Waals surface area contributed by atoms with Crippen LogP contribution in [-0.2, 0) is 12.8 Å². The third-order valence-electron chi connectivity index (χ3n) is 5.34. The summed E-state index contributed by atoms with van der Waals surface area (Å²) in [6.07, 6.45) is 10.3. The van der Waals surface area contributed by atoms with Gasteiger partial charge < -0.3 is 11.1 Å². The van der Waals surface area contributed by atoms with Crippen molar-refractivity contribution in [3.8, 4) is 0 Å². The van der Waals surface area contributed by atoms with Gasteiger partial charge in [0.05, 0.1) is 11.4 Å². The highest BCUT2D eigenvalue weighted by Gasteiger charge is 2.24. The van der Waals surface area contributed by atoms with Gasteiger partial charge in [-0.15, -0.1) is 0 Å². The zero-order valence-electron chi connectivity index (χ0n) is 15.4. The number of hydrogen-bond acceptors (Lipinski definition) is 4. The van der Waals surface area contributed by atoms with Crippen molar-refractivity contribution < 1.29 is 0 Å². The Kier molecular flexibility index (Phi) is 5.72. The van der Waals surface area contributed by atoms with Crippen molar-refractivity contribution >= 4 is 17.2 Å². The quantitative estimate of drug-likeness (QED) is 0.610. The molecule has 2 atom stereocenters. The van der Waals surface area contributed by atoms with Gasteiger partial charge in [-0.05, 0) is 62.4 Å². The van der Waals surface area contributed by atoms with Crippen LogP contribution in [0.15, 0.2) is 42.7 Å². The fourth-order valence-electron chi connectivity index (χ4n) is 4.04. The van der Waals surface area contributed by atoms with Gasteiger partial charge in [0, 0.05) is 30.9 Å². The number of hydrogen-bond donors (Lipinski definition) is 2. The number of pyridine rings is 2. The van der Waals surface area contributed by atoms with E-state index in [1.165, 1.54) is 17.7 Å². The Labute approximate surface area is 165 Å². The standard InChI is InChI=1S/C21H26ClN5/c22-19-9-2-10-20-26-17(14-27(19)20)13-16(7-3-11-23)25-18-8-1-5-15-6-4-12-24-21(15)18/h2,4,6,9-10,12,14,16,18,25H,1,3,5,7-8,11,13,23H2. The van der Waals surface area contributed by atoms with Crippen LogP contribution in [0.25, 0.3) is 5.65 Å². The second-order valence-corrected chi connectivity index (χ2v) is 7.69. The van der Waals surface area contributed by atoms with Gasteiger partial charge in [0.25, 0.3) is 0 Å². The van der Waals surface area contributed by atoms with E-state index >= 15 is 0 Å². The van der Waals surface area contributed by atoms with E-state index in [-0.39, 0.29) is 0 Å². The Bertz CT molecular complexity index is 906. The number of imidazole rings is 1. The zero-order valence-corrected chi connectivity index (χ0v) is 16.2. The second-order valence-electron chi connectivity index (χ2n) is 7.30. The molecule has 27 heavy (non-hydrogen) atoms. The van der Waals surface area contributed by atoms with E-state index in [9.17, 15) is 0 Å². The van der Waals surface area contributed by atoms with E-state index in [4.69, 9.17) is 22.3 Å². The molecule has 3 aromatic rings. The summed E-state index contributed by atoms with van der Waals surface area (Å²) in [5.74, 6) is 0. The van der Waals surface area contributed by atoms with Crippen molar-refractivity contribution in [3.63, 3.8) is 0 Å². The SMILES string of the molecule is NCCCC(Cc1cn2c(Cl)cccc2n1)NC1CCCc2cccnc21. The maximum Gasteiger partial charge on any atom is 0.138 e. The number of aryl methyl sites for hydroxylation is 1. The first kappa shape index (κ1) is 18.4. The number of nitrogens with one attached hydrogen (secondary N) is 1. The van der Waals surface area contributed by atoms with Crippen LogP contribution in [0.1, 0.15) is 48.7 Å². The Morgan fingerprint density at radius 3 is 3.07 bits per heavy atom. The van der Waals surface area contributed by atoms with E-state index in [0.29, 0.717) is 23.8 Å². The third kappa shape index (κ3) is 4.15. The minimum atomic E-state index is 0.304. The van der Waals surface area contributed by atoms with Gasteiger partial charge in [0.15, 0.2) is 0 Å².